The van der Waals surface area contributed by atoms with Gasteiger partial charge in [0.25, 0.3) is 0 Å². The van der Waals surface area contributed by atoms with Crippen LogP contribution in [0.4, 0.5) is 24.5 Å². The van der Waals surface area contributed by atoms with E-state index < -0.39 is 11.7 Å². The molecule has 1 aliphatic rings. The number of fused-ring (bicyclic) bond motifs is 1. The Balaban J connectivity index is 1.86. The molecule has 0 unspecified atom stereocenters. The molecule has 3 rings (SSSR count). The molecule has 2 N–H and O–H groups in total. The van der Waals surface area contributed by atoms with E-state index in [0.29, 0.717) is 17.9 Å². The zero-order valence-electron chi connectivity index (χ0n) is 11.1. The van der Waals surface area contributed by atoms with Crippen molar-refractivity contribution in [2.24, 2.45) is 0 Å². The van der Waals surface area contributed by atoms with Crippen molar-refractivity contribution in [1.82, 2.24) is 0 Å². The van der Waals surface area contributed by atoms with Crippen LogP contribution in [0.3, 0.4) is 0 Å². The summed E-state index contributed by atoms with van der Waals surface area (Å²) >= 11 is 0. The molecule has 0 saturated heterocycles. The first-order valence-corrected chi connectivity index (χ1v) is 6.44. The highest BCUT2D eigenvalue weighted by Gasteiger charge is 2.30. The number of hydrogen-bond acceptors (Lipinski definition) is 2. The number of anilines is 2. The average molecular weight is 290 g/mol. The van der Waals surface area contributed by atoms with E-state index in [1.165, 1.54) is 12.1 Å². The third-order valence-electron chi connectivity index (χ3n) is 3.47. The molecule has 0 atom stereocenters. The number of rotatable bonds is 1. The standard InChI is InChI=1S/C16H13F3N2/c17-16(18,19)13-2-5-15(6-3-13)21-8-7-11-1-4-14(20)9-12(11)10-21/h1-9H,10,20H2. The monoisotopic (exact) mass is 290 g/mol. The maximum absolute atomic E-state index is 12.6. The smallest absolute Gasteiger partial charge is 0.399 e. The molecule has 0 aliphatic carbocycles. The van der Waals surface area contributed by atoms with E-state index in [-0.39, 0.29) is 0 Å². The molecule has 0 bridgehead atoms. The predicted octanol–water partition coefficient (Wildman–Crippen LogP) is 4.28. The van der Waals surface area contributed by atoms with Crippen LogP contribution in [0.1, 0.15) is 16.7 Å². The molecule has 0 saturated carbocycles. The van der Waals surface area contributed by atoms with E-state index in [2.05, 4.69) is 0 Å². The van der Waals surface area contributed by atoms with Crippen LogP contribution in [0.25, 0.3) is 6.08 Å². The van der Waals surface area contributed by atoms with Gasteiger partial charge < -0.3 is 10.6 Å². The van der Waals surface area contributed by atoms with Gasteiger partial charge in [0.05, 0.1) is 5.56 Å². The molecule has 1 aliphatic heterocycles. The Morgan fingerprint density at radius 3 is 2.38 bits per heavy atom. The van der Waals surface area contributed by atoms with Gasteiger partial charge >= 0.3 is 6.18 Å². The van der Waals surface area contributed by atoms with E-state index in [4.69, 9.17) is 5.73 Å². The largest absolute Gasteiger partial charge is 0.416 e. The first-order valence-electron chi connectivity index (χ1n) is 6.44. The van der Waals surface area contributed by atoms with Gasteiger partial charge in [0.1, 0.15) is 0 Å². The van der Waals surface area contributed by atoms with Gasteiger partial charge in [-0.3, -0.25) is 0 Å². The zero-order chi connectivity index (χ0) is 15.0. The van der Waals surface area contributed by atoms with Crippen LogP contribution in [0, 0.1) is 0 Å². The molecule has 21 heavy (non-hydrogen) atoms. The summed E-state index contributed by atoms with van der Waals surface area (Å²) in [5, 5.41) is 0. The Hall–Kier alpha value is -2.43. The summed E-state index contributed by atoms with van der Waals surface area (Å²) in [6, 6.07) is 10.8. The molecular formula is C16H13F3N2. The van der Waals surface area contributed by atoms with Crippen molar-refractivity contribution < 1.29 is 13.2 Å². The summed E-state index contributed by atoms with van der Waals surface area (Å²) in [7, 11) is 0. The Morgan fingerprint density at radius 1 is 1.00 bits per heavy atom. The second-order valence-electron chi connectivity index (χ2n) is 4.95. The third-order valence-corrected chi connectivity index (χ3v) is 3.47. The van der Waals surface area contributed by atoms with Gasteiger partial charge in [0, 0.05) is 24.1 Å². The van der Waals surface area contributed by atoms with Gasteiger partial charge in [0.15, 0.2) is 0 Å². The average Bonchev–Trinajstić information content (AvgIpc) is 2.45. The van der Waals surface area contributed by atoms with Gasteiger partial charge in [-0.25, -0.2) is 0 Å². The van der Waals surface area contributed by atoms with Crippen LogP contribution in [0.5, 0.6) is 0 Å². The molecule has 5 heteroatoms. The van der Waals surface area contributed by atoms with Crippen molar-refractivity contribution in [1.29, 1.82) is 0 Å². The number of nitrogens with two attached hydrogens (primary N) is 1. The third kappa shape index (κ3) is 2.72. The molecule has 108 valence electrons. The highest BCUT2D eigenvalue weighted by Crippen LogP contribution is 2.32. The van der Waals surface area contributed by atoms with Gasteiger partial charge in [-0.2, -0.15) is 13.2 Å². The number of nitrogens with zero attached hydrogens (tertiary/aromatic N) is 1. The molecule has 2 aromatic carbocycles. The van der Waals surface area contributed by atoms with Crippen molar-refractivity contribution in [2.45, 2.75) is 12.7 Å². The van der Waals surface area contributed by atoms with E-state index in [0.717, 1.165) is 23.3 Å². The number of hydrogen-bond donors (Lipinski definition) is 1. The minimum absolute atomic E-state index is 0.586. The lowest BCUT2D eigenvalue weighted by molar-refractivity contribution is -0.137. The van der Waals surface area contributed by atoms with Crippen LogP contribution in [0.15, 0.2) is 48.7 Å². The van der Waals surface area contributed by atoms with Crippen LogP contribution in [-0.4, -0.2) is 0 Å². The van der Waals surface area contributed by atoms with Crippen molar-refractivity contribution in [3.05, 3.63) is 65.4 Å². The van der Waals surface area contributed by atoms with E-state index in [1.807, 2.05) is 35.4 Å². The molecule has 2 nitrogen and oxygen atoms in total. The van der Waals surface area contributed by atoms with Gasteiger partial charge in [-0.1, -0.05) is 6.07 Å². The van der Waals surface area contributed by atoms with Crippen LogP contribution in [0.2, 0.25) is 0 Å². The lowest BCUT2D eigenvalue weighted by atomic mass is 10.0. The highest BCUT2D eigenvalue weighted by atomic mass is 19.4. The zero-order valence-corrected chi connectivity index (χ0v) is 11.1. The van der Waals surface area contributed by atoms with E-state index >= 15 is 0 Å². The van der Waals surface area contributed by atoms with Crippen molar-refractivity contribution >= 4 is 17.5 Å². The predicted molar refractivity (Wildman–Crippen MR) is 77.5 cm³/mol. The Labute approximate surface area is 120 Å². The normalized spacial score (nSPS) is 14.1. The Kier molecular flexibility index (Phi) is 3.12. The molecule has 0 aromatic heterocycles. The molecule has 2 aromatic rings. The van der Waals surface area contributed by atoms with Gasteiger partial charge in [-0.15, -0.1) is 0 Å². The summed E-state index contributed by atoms with van der Waals surface area (Å²) in [4.78, 5) is 1.89. The minimum Gasteiger partial charge on any atom is -0.399 e. The van der Waals surface area contributed by atoms with Gasteiger partial charge in [-0.05, 0) is 53.6 Å². The van der Waals surface area contributed by atoms with E-state index in [9.17, 15) is 13.2 Å². The maximum Gasteiger partial charge on any atom is 0.416 e. The van der Waals surface area contributed by atoms with Crippen LogP contribution < -0.4 is 10.6 Å². The molecule has 1 heterocycles. The summed E-state index contributed by atoms with van der Waals surface area (Å²) in [6.45, 7) is 0.586. The summed E-state index contributed by atoms with van der Waals surface area (Å²) in [5.41, 5.74) is 8.65. The van der Waals surface area contributed by atoms with Crippen molar-refractivity contribution in [2.75, 3.05) is 10.6 Å². The molecular weight excluding hydrogens is 277 g/mol. The Bertz CT molecular complexity index is 688. The fourth-order valence-electron chi connectivity index (χ4n) is 2.35. The molecule has 0 fully saturated rings. The molecule has 0 spiro atoms. The number of halogens is 3. The topological polar surface area (TPSA) is 29.3 Å². The fourth-order valence-corrected chi connectivity index (χ4v) is 2.35. The van der Waals surface area contributed by atoms with Crippen molar-refractivity contribution in [3.8, 4) is 0 Å². The second-order valence-corrected chi connectivity index (χ2v) is 4.95. The molecule has 0 radical (unpaired) electrons. The van der Waals surface area contributed by atoms with E-state index in [1.54, 1.807) is 0 Å². The Morgan fingerprint density at radius 2 is 1.71 bits per heavy atom. The summed E-state index contributed by atoms with van der Waals surface area (Å²) < 4.78 is 37.7. The van der Waals surface area contributed by atoms with Gasteiger partial charge in [0.2, 0.25) is 0 Å². The lowest BCUT2D eigenvalue weighted by Gasteiger charge is -2.26. The summed E-state index contributed by atoms with van der Waals surface area (Å²) in [5.74, 6) is 0. The number of nitrogen functional groups attached to an aromatic ring is 1. The van der Waals surface area contributed by atoms with Crippen LogP contribution >= 0.6 is 0 Å². The quantitative estimate of drug-likeness (QED) is 0.794. The SMILES string of the molecule is Nc1ccc2c(c1)CN(c1ccc(C(F)(F)F)cc1)C=C2. The first-order chi connectivity index (χ1) is 9.93. The first kappa shape index (κ1) is 13.5. The number of alkyl halides is 3. The fraction of sp³-hybridized carbons (Fsp3) is 0.125. The number of benzene rings is 2. The lowest BCUT2D eigenvalue weighted by Crippen LogP contribution is -2.19. The van der Waals surface area contributed by atoms with Crippen molar-refractivity contribution in [3.63, 3.8) is 0 Å². The van der Waals surface area contributed by atoms with Crippen LogP contribution in [-0.2, 0) is 12.7 Å². The second kappa shape index (κ2) is 4.84. The summed E-state index contributed by atoms with van der Waals surface area (Å²) in [6.07, 6.45) is -0.519. The molecule has 0 amide bonds. The highest BCUT2D eigenvalue weighted by molar-refractivity contribution is 5.66. The minimum atomic E-state index is -4.31. The maximum atomic E-state index is 12.6.